The maximum absolute atomic E-state index is 3.62. The van der Waals surface area contributed by atoms with Crippen molar-refractivity contribution in [2.45, 2.75) is 69.6 Å². The van der Waals surface area contributed by atoms with Gasteiger partial charge in [-0.1, -0.05) is 68.9 Å². The number of fused-ring (bicyclic) bond motifs is 3. The Bertz CT molecular complexity index is 679. The van der Waals surface area contributed by atoms with Crippen molar-refractivity contribution in [2.75, 3.05) is 0 Å². The van der Waals surface area contributed by atoms with Crippen LogP contribution in [0.4, 0.5) is 0 Å². The van der Waals surface area contributed by atoms with Crippen LogP contribution in [0, 0.1) is 24.0 Å². The minimum Gasteiger partial charge on any atom is -0.0613 e. The highest BCUT2D eigenvalue weighted by Crippen LogP contribution is 2.61. The summed E-state index contributed by atoms with van der Waals surface area (Å²) in [6.07, 6.45) is 14.1. The first kappa shape index (κ1) is 15.7. The Morgan fingerprint density at radius 3 is 2.12 bits per heavy atom. The van der Waals surface area contributed by atoms with Crippen LogP contribution in [0.25, 0.3) is 11.1 Å². The quantitative estimate of drug-likeness (QED) is 0.574. The number of benzene rings is 2. The lowest BCUT2D eigenvalue weighted by atomic mass is 9.55. The zero-order valence-electron chi connectivity index (χ0n) is 15.2. The van der Waals surface area contributed by atoms with Gasteiger partial charge in [0.05, 0.1) is 0 Å². The smallest absolute Gasteiger partial charge is 0.0271 e. The van der Waals surface area contributed by atoms with Crippen molar-refractivity contribution in [3.63, 3.8) is 0 Å². The maximum atomic E-state index is 3.62. The predicted octanol–water partition coefficient (Wildman–Crippen LogP) is 6.71. The second-order valence-corrected chi connectivity index (χ2v) is 8.47. The summed E-state index contributed by atoms with van der Waals surface area (Å²) in [6, 6.07) is 20.6. The van der Waals surface area contributed by atoms with Crippen LogP contribution in [0.5, 0.6) is 0 Å². The van der Waals surface area contributed by atoms with Crippen molar-refractivity contribution in [1.82, 2.24) is 0 Å². The third-order valence-electron chi connectivity index (χ3n) is 7.38. The van der Waals surface area contributed by atoms with Crippen LogP contribution in [0.2, 0.25) is 0 Å². The minimum absolute atomic E-state index is 0.237. The van der Waals surface area contributed by atoms with Crippen LogP contribution in [-0.2, 0) is 5.41 Å². The second kappa shape index (κ2) is 6.31. The van der Waals surface area contributed by atoms with E-state index in [2.05, 4.69) is 48.5 Å². The van der Waals surface area contributed by atoms with Crippen LogP contribution in [0.3, 0.4) is 0 Å². The highest BCUT2D eigenvalue weighted by molar-refractivity contribution is 5.81. The zero-order valence-corrected chi connectivity index (χ0v) is 15.2. The molecule has 128 valence electrons. The minimum atomic E-state index is 0.237. The molecule has 2 aromatic carbocycles. The van der Waals surface area contributed by atoms with Gasteiger partial charge in [0.2, 0.25) is 0 Å². The Kier molecular flexibility index (Phi) is 3.95. The standard InChI is InChI=1S/C25H28/c1-3-11-19(12-4-1)25(20-13-5-2-6-14-20)23-17-9-7-15-21(23)22-16-8-10-18-24(22)25/h7-9,16-20H,1-6,11-14H2. The lowest BCUT2D eigenvalue weighted by Gasteiger charge is -2.48. The largest absolute Gasteiger partial charge is 0.0613 e. The van der Waals surface area contributed by atoms with Crippen molar-refractivity contribution in [2.24, 2.45) is 11.8 Å². The van der Waals surface area contributed by atoms with Gasteiger partial charge in [0.15, 0.2) is 0 Å². The first-order chi connectivity index (χ1) is 12.4. The highest BCUT2D eigenvalue weighted by Gasteiger charge is 2.52. The molecule has 0 heteroatoms. The van der Waals surface area contributed by atoms with Crippen LogP contribution in [0.1, 0.15) is 75.3 Å². The monoisotopic (exact) mass is 328 g/mol. The molecule has 0 aromatic heterocycles. The molecular formula is C25H28. The van der Waals surface area contributed by atoms with E-state index in [4.69, 9.17) is 0 Å². The normalized spacial score (nSPS) is 23.2. The summed E-state index contributed by atoms with van der Waals surface area (Å²) < 4.78 is 0. The Morgan fingerprint density at radius 2 is 1.44 bits per heavy atom. The van der Waals surface area contributed by atoms with Gasteiger partial charge in [-0.3, -0.25) is 0 Å². The molecule has 0 saturated heterocycles. The molecule has 2 saturated carbocycles. The summed E-state index contributed by atoms with van der Waals surface area (Å²) in [7, 11) is 0. The van der Waals surface area contributed by atoms with E-state index >= 15 is 0 Å². The fraction of sp³-hybridized carbons (Fsp3) is 0.520. The van der Waals surface area contributed by atoms with Crippen molar-refractivity contribution in [3.8, 4) is 11.1 Å². The molecule has 0 atom stereocenters. The number of rotatable bonds is 2. The molecule has 2 aromatic rings. The van der Waals surface area contributed by atoms with E-state index in [0.717, 1.165) is 11.8 Å². The number of hydrogen-bond acceptors (Lipinski definition) is 0. The van der Waals surface area contributed by atoms with E-state index in [-0.39, 0.29) is 5.41 Å². The molecule has 3 aliphatic rings. The molecule has 0 amide bonds. The van der Waals surface area contributed by atoms with Gasteiger partial charge in [-0.2, -0.15) is 0 Å². The van der Waals surface area contributed by atoms with E-state index in [9.17, 15) is 0 Å². The second-order valence-electron chi connectivity index (χ2n) is 8.47. The fourth-order valence-corrected chi connectivity index (χ4v) is 6.47. The summed E-state index contributed by atoms with van der Waals surface area (Å²) in [5, 5.41) is 0. The molecule has 3 aliphatic carbocycles. The van der Waals surface area contributed by atoms with E-state index in [1.807, 2.05) is 0 Å². The highest BCUT2D eigenvalue weighted by atomic mass is 14.6. The van der Waals surface area contributed by atoms with Gasteiger partial charge in [-0.25, -0.2) is 0 Å². The van der Waals surface area contributed by atoms with Crippen LogP contribution < -0.4 is 0 Å². The van der Waals surface area contributed by atoms with E-state index in [1.165, 1.54) is 75.3 Å². The lowest BCUT2D eigenvalue weighted by Crippen LogP contribution is -2.44. The molecule has 0 aliphatic heterocycles. The van der Waals surface area contributed by atoms with Gasteiger partial charge in [0.1, 0.15) is 0 Å². The fourth-order valence-electron chi connectivity index (χ4n) is 6.47. The third-order valence-corrected chi connectivity index (χ3v) is 7.38. The molecular weight excluding hydrogens is 300 g/mol. The maximum Gasteiger partial charge on any atom is 0.0271 e. The van der Waals surface area contributed by atoms with Crippen LogP contribution in [-0.4, -0.2) is 0 Å². The molecule has 5 rings (SSSR count). The van der Waals surface area contributed by atoms with Crippen LogP contribution in [0.15, 0.2) is 36.4 Å². The van der Waals surface area contributed by atoms with Crippen molar-refractivity contribution >= 4 is 0 Å². The molecule has 0 nitrogen and oxygen atoms in total. The van der Waals surface area contributed by atoms with Gasteiger partial charge in [-0.05, 0) is 78.0 Å². The Hall–Kier alpha value is -1.56. The molecule has 0 unspecified atom stereocenters. The average molecular weight is 328 g/mol. The third kappa shape index (κ3) is 2.26. The average Bonchev–Trinajstić information content (AvgIpc) is 3.01. The molecule has 2 fully saturated rings. The van der Waals surface area contributed by atoms with Gasteiger partial charge in [-0.15, -0.1) is 0 Å². The van der Waals surface area contributed by atoms with Gasteiger partial charge in [0, 0.05) is 5.41 Å². The first-order valence-corrected chi connectivity index (χ1v) is 10.4. The summed E-state index contributed by atoms with van der Waals surface area (Å²) in [6.45, 7) is 0. The first-order valence-electron chi connectivity index (χ1n) is 10.4. The van der Waals surface area contributed by atoms with E-state index in [1.54, 1.807) is 11.1 Å². The van der Waals surface area contributed by atoms with Crippen LogP contribution >= 0.6 is 0 Å². The SMILES string of the molecule is [c]1ccc2c(c1)C(C1CCCCC1)(C1CCCCC1)c1ccc[c]c1-2. The summed E-state index contributed by atoms with van der Waals surface area (Å²) in [4.78, 5) is 0. The van der Waals surface area contributed by atoms with Gasteiger partial charge in [0.25, 0.3) is 0 Å². The summed E-state index contributed by atoms with van der Waals surface area (Å²) >= 11 is 0. The van der Waals surface area contributed by atoms with Gasteiger partial charge < -0.3 is 0 Å². The van der Waals surface area contributed by atoms with E-state index < -0.39 is 0 Å². The Labute approximate surface area is 152 Å². The zero-order chi connectivity index (χ0) is 16.7. The molecule has 2 radical (unpaired) electrons. The van der Waals surface area contributed by atoms with Crippen molar-refractivity contribution in [1.29, 1.82) is 0 Å². The summed E-state index contributed by atoms with van der Waals surface area (Å²) in [5.74, 6) is 1.60. The molecule has 0 spiro atoms. The van der Waals surface area contributed by atoms with E-state index in [0.29, 0.717) is 0 Å². The molecule has 0 bridgehead atoms. The number of hydrogen-bond donors (Lipinski definition) is 0. The topological polar surface area (TPSA) is 0 Å². The molecule has 0 N–H and O–H groups in total. The summed E-state index contributed by atoms with van der Waals surface area (Å²) in [5.41, 5.74) is 6.27. The predicted molar refractivity (Wildman–Crippen MR) is 103 cm³/mol. The Morgan fingerprint density at radius 1 is 0.760 bits per heavy atom. The van der Waals surface area contributed by atoms with Crippen molar-refractivity contribution < 1.29 is 0 Å². The molecule has 0 heterocycles. The van der Waals surface area contributed by atoms with Crippen molar-refractivity contribution in [3.05, 3.63) is 59.7 Å². The molecule has 25 heavy (non-hydrogen) atoms. The van der Waals surface area contributed by atoms with Gasteiger partial charge >= 0.3 is 0 Å². The Balaban J connectivity index is 1.76. The lowest BCUT2D eigenvalue weighted by molar-refractivity contribution is 0.137.